The first-order valence-electron chi connectivity index (χ1n) is 10.9. The maximum atomic E-state index is 13.4. The summed E-state index contributed by atoms with van der Waals surface area (Å²) in [5, 5.41) is 8.81. The fraction of sp³-hybridized carbons (Fsp3) is 0.409. The van der Waals surface area contributed by atoms with Crippen molar-refractivity contribution in [3.05, 3.63) is 53.1 Å². The van der Waals surface area contributed by atoms with Gasteiger partial charge in [0, 0.05) is 43.0 Å². The summed E-state index contributed by atoms with van der Waals surface area (Å²) in [6.07, 6.45) is 4.99. The summed E-state index contributed by atoms with van der Waals surface area (Å²) in [7, 11) is -1.91. The van der Waals surface area contributed by atoms with Gasteiger partial charge >= 0.3 is 0 Å². The van der Waals surface area contributed by atoms with E-state index in [1.807, 2.05) is 0 Å². The van der Waals surface area contributed by atoms with Gasteiger partial charge in [0.15, 0.2) is 0 Å². The molecule has 0 N–H and O–H groups in total. The molecule has 2 aromatic heterocycles. The van der Waals surface area contributed by atoms with Crippen LogP contribution in [0.2, 0.25) is 5.02 Å². The van der Waals surface area contributed by atoms with Crippen LogP contribution in [0.1, 0.15) is 42.1 Å². The number of nitrogens with zero attached hydrogens (tertiary/aromatic N) is 5. The Balaban J connectivity index is 1.37. The minimum Gasteiger partial charge on any atom is -0.419 e. The van der Waals surface area contributed by atoms with Crippen LogP contribution in [0.25, 0.3) is 11.5 Å². The summed E-state index contributed by atoms with van der Waals surface area (Å²) in [4.78, 5) is 15.2. The van der Waals surface area contributed by atoms with Crippen molar-refractivity contribution in [2.24, 2.45) is 7.05 Å². The van der Waals surface area contributed by atoms with Crippen LogP contribution < -0.4 is 0 Å². The standard InChI is InChI=1S/C22H24ClN5O4S/c1-26-13-18(33(30,31)27-10-2-3-11-27)12-19(26)22(29)28(17-8-9-17)14-20-24-25-21(32-20)15-4-6-16(23)7-5-15/h4-7,12-13,17H,2-3,8-11,14H2,1H3. The van der Waals surface area contributed by atoms with Crippen molar-refractivity contribution in [3.8, 4) is 11.5 Å². The second-order valence-corrected chi connectivity index (χ2v) is 10.8. The summed E-state index contributed by atoms with van der Waals surface area (Å²) >= 11 is 5.93. The van der Waals surface area contributed by atoms with Gasteiger partial charge in [-0.2, -0.15) is 4.31 Å². The predicted octanol–water partition coefficient (Wildman–Crippen LogP) is 3.32. The molecule has 1 saturated heterocycles. The maximum absolute atomic E-state index is 13.4. The van der Waals surface area contributed by atoms with Crippen molar-refractivity contribution in [2.75, 3.05) is 13.1 Å². The van der Waals surface area contributed by atoms with E-state index in [0.717, 1.165) is 31.2 Å². The number of aryl methyl sites for hydroxylation is 1. The molecular weight excluding hydrogens is 466 g/mol. The summed E-state index contributed by atoms with van der Waals surface area (Å²) in [5.41, 5.74) is 1.05. The molecule has 1 amide bonds. The molecule has 2 fully saturated rings. The molecule has 11 heteroatoms. The zero-order valence-corrected chi connectivity index (χ0v) is 19.7. The van der Waals surface area contributed by atoms with Crippen LogP contribution in [0, 0.1) is 0 Å². The van der Waals surface area contributed by atoms with Crippen molar-refractivity contribution in [2.45, 2.75) is 43.2 Å². The Morgan fingerprint density at radius 3 is 2.55 bits per heavy atom. The molecule has 174 valence electrons. The number of hydrogen-bond donors (Lipinski definition) is 0. The number of benzene rings is 1. The van der Waals surface area contributed by atoms with Crippen molar-refractivity contribution in [1.29, 1.82) is 0 Å². The van der Waals surface area contributed by atoms with Crippen LogP contribution in [0.4, 0.5) is 0 Å². The van der Waals surface area contributed by atoms with Gasteiger partial charge < -0.3 is 13.9 Å². The second-order valence-electron chi connectivity index (χ2n) is 8.46. The highest BCUT2D eigenvalue weighted by Gasteiger charge is 2.36. The normalized spacial score (nSPS) is 16.9. The van der Waals surface area contributed by atoms with E-state index in [9.17, 15) is 13.2 Å². The van der Waals surface area contributed by atoms with Crippen LogP contribution >= 0.6 is 11.6 Å². The highest BCUT2D eigenvalue weighted by atomic mass is 35.5. The minimum absolute atomic E-state index is 0.0666. The molecule has 1 aliphatic carbocycles. The topological polar surface area (TPSA) is 102 Å². The Kier molecular flexibility index (Phi) is 5.75. The third-order valence-corrected chi connectivity index (χ3v) is 8.13. The van der Waals surface area contributed by atoms with Gasteiger partial charge in [0.25, 0.3) is 5.91 Å². The maximum Gasteiger partial charge on any atom is 0.271 e. The van der Waals surface area contributed by atoms with Crippen molar-refractivity contribution >= 4 is 27.5 Å². The van der Waals surface area contributed by atoms with Gasteiger partial charge in [0.1, 0.15) is 10.6 Å². The van der Waals surface area contributed by atoms with E-state index < -0.39 is 10.0 Å². The molecule has 1 aliphatic heterocycles. The number of carbonyl (C=O) groups excluding carboxylic acids is 1. The molecule has 2 aliphatic rings. The van der Waals surface area contributed by atoms with Gasteiger partial charge in [-0.05, 0) is 56.0 Å². The summed E-state index contributed by atoms with van der Waals surface area (Å²) in [5.74, 6) is 0.413. The monoisotopic (exact) mass is 489 g/mol. The molecule has 3 heterocycles. The molecule has 5 rings (SSSR count). The van der Waals surface area contributed by atoms with E-state index in [0.29, 0.717) is 35.6 Å². The number of sulfonamides is 1. The Bertz CT molecular complexity index is 1270. The van der Waals surface area contributed by atoms with E-state index in [4.69, 9.17) is 16.0 Å². The predicted molar refractivity (Wildman–Crippen MR) is 121 cm³/mol. The number of halogens is 1. The van der Waals surface area contributed by atoms with E-state index in [1.165, 1.54) is 16.6 Å². The molecule has 33 heavy (non-hydrogen) atoms. The highest BCUT2D eigenvalue weighted by molar-refractivity contribution is 7.89. The Labute approximate surface area is 197 Å². The fourth-order valence-corrected chi connectivity index (χ4v) is 5.75. The van der Waals surface area contributed by atoms with Gasteiger partial charge in [0.2, 0.25) is 21.8 Å². The molecular formula is C22H24ClN5O4S. The number of aromatic nitrogens is 3. The van der Waals surface area contributed by atoms with Crippen LogP contribution in [0.15, 0.2) is 45.8 Å². The Morgan fingerprint density at radius 1 is 1.18 bits per heavy atom. The molecule has 0 unspecified atom stereocenters. The van der Waals surface area contributed by atoms with Crippen molar-refractivity contribution in [1.82, 2.24) is 24.0 Å². The molecule has 0 bridgehead atoms. The average molecular weight is 490 g/mol. The lowest BCUT2D eigenvalue weighted by atomic mass is 10.2. The Morgan fingerprint density at radius 2 is 1.88 bits per heavy atom. The summed E-state index contributed by atoms with van der Waals surface area (Å²) in [6.45, 7) is 1.19. The third kappa shape index (κ3) is 4.42. The van der Waals surface area contributed by atoms with Crippen molar-refractivity contribution < 1.29 is 17.6 Å². The van der Waals surface area contributed by atoms with Crippen LogP contribution in [-0.2, 0) is 23.6 Å². The van der Waals surface area contributed by atoms with Crippen LogP contribution in [0.3, 0.4) is 0 Å². The Hall–Kier alpha value is -2.69. The largest absolute Gasteiger partial charge is 0.419 e. The number of amides is 1. The lowest BCUT2D eigenvalue weighted by molar-refractivity contribution is 0.0704. The molecule has 0 radical (unpaired) electrons. The smallest absolute Gasteiger partial charge is 0.271 e. The summed E-state index contributed by atoms with van der Waals surface area (Å²) in [6, 6.07) is 8.59. The lowest BCUT2D eigenvalue weighted by Gasteiger charge is -2.20. The third-order valence-electron chi connectivity index (χ3n) is 6.01. The molecule has 1 aromatic carbocycles. The molecule has 3 aromatic rings. The van der Waals surface area contributed by atoms with Crippen molar-refractivity contribution in [3.63, 3.8) is 0 Å². The first-order valence-corrected chi connectivity index (χ1v) is 12.7. The number of rotatable bonds is 7. The number of carbonyl (C=O) groups is 1. The zero-order valence-electron chi connectivity index (χ0n) is 18.1. The van der Waals surface area contributed by atoms with Gasteiger partial charge in [-0.3, -0.25) is 4.79 Å². The molecule has 9 nitrogen and oxygen atoms in total. The highest BCUT2D eigenvalue weighted by Crippen LogP contribution is 2.31. The second kappa shape index (κ2) is 8.58. The quantitative estimate of drug-likeness (QED) is 0.504. The number of hydrogen-bond acceptors (Lipinski definition) is 6. The first kappa shape index (κ1) is 22.1. The van der Waals surface area contributed by atoms with Crippen LogP contribution in [0.5, 0.6) is 0 Å². The van der Waals surface area contributed by atoms with E-state index in [1.54, 1.807) is 40.8 Å². The first-order chi connectivity index (χ1) is 15.8. The van der Waals surface area contributed by atoms with Crippen LogP contribution in [-0.4, -0.2) is 57.4 Å². The minimum atomic E-state index is -3.60. The molecule has 0 spiro atoms. The molecule has 1 saturated carbocycles. The van der Waals surface area contributed by atoms with Gasteiger partial charge in [0.05, 0.1) is 6.54 Å². The van der Waals surface area contributed by atoms with Gasteiger partial charge in [-0.25, -0.2) is 8.42 Å². The van der Waals surface area contributed by atoms with Gasteiger partial charge in [-0.1, -0.05) is 11.6 Å². The average Bonchev–Trinajstić information content (AvgIpc) is 3.20. The van der Waals surface area contributed by atoms with E-state index >= 15 is 0 Å². The molecule has 0 atom stereocenters. The van der Waals surface area contributed by atoms with Gasteiger partial charge in [-0.15, -0.1) is 10.2 Å². The lowest BCUT2D eigenvalue weighted by Crippen LogP contribution is -2.33. The van der Waals surface area contributed by atoms with E-state index in [-0.39, 0.29) is 23.4 Å². The zero-order chi connectivity index (χ0) is 23.2. The summed E-state index contributed by atoms with van der Waals surface area (Å²) < 4.78 is 34.7. The van der Waals surface area contributed by atoms with E-state index in [2.05, 4.69) is 10.2 Å². The SMILES string of the molecule is Cn1cc(S(=O)(=O)N2CCCC2)cc1C(=O)N(Cc1nnc(-c2ccc(Cl)cc2)o1)C1CC1. The fourth-order valence-electron chi connectivity index (χ4n) is 4.04.